The number of aromatic nitrogens is 20. The van der Waals surface area contributed by atoms with E-state index < -0.39 is 0 Å². The predicted molar refractivity (Wildman–Crippen MR) is 382 cm³/mol. The van der Waals surface area contributed by atoms with Gasteiger partial charge in [-0.25, -0.2) is 25.5 Å². The largest absolute Gasteiger partial charge is 0.431 e. The van der Waals surface area contributed by atoms with Crippen molar-refractivity contribution in [3.63, 3.8) is 0 Å². The molecule has 0 spiro atoms. The molecular formula is C41H97B10N35Pd5Si5-5. The molecule has 0 aliphatic carbocycles. The van der Waals surface area contributed by atoms with Crippen molar-refractivity contribution in [3.05, 3.63) is 0 Å². The van der Waals surface area contributed by atoms with Gasteiger partial charge in [0.25, 0.3) is 69.8 Å². The topological polar surface area (TPSA) is 312 Å². The summed E-state index contributed by atoms with van der Waals surface area (Å²) in [5, 5.41) is 75.7. The van der Waals surface area contributed by atoms with Crippen molar-refractivity contribution < 1.29 is 102 Å². The Balaban J connectivity index is 0.000000593. The molecule has 5 fully saturated rings. The summed E-state index contributed by atoms with van der Waals surface area (Å²) in [6.07, 6.45) is 12.5. The average Bonchev–Trinajstić information content (AvgIpc) is 1.37. The second kappa shape index (κ2) is 47.4. The Labute approximate surface area is 657 Å². The van der Waals surface area contributed by atoms with Crippen LogP contribution in [0.25, 0.3) is 0 Å². The number of rotatable bonds is 20. The van der Waals surface area contributed by atoms with Crippen LogP contribution >= 0.6 is 0 Å². The van der Waals surface area contributed by atoms with Gasteiger partial charge >= 0.3 is 0 Å². The summed E-state index contributed by atoms with van der Waals surface area (Å²) in [5.41, 5.74) is 0. The van der Waals surface area contributed by atoms with E-state index in [-0.39, 0.29) is 158 Å². The van der Waals surface area contributed by atoms with Crippen molar-refractivity contribution >= 4 is 149 Å². The van der Waals surface area contributed by atoms with Gasteiger partial charge < -0.3 is 68.4 Å². The first-order valence-corrected chi connectivity index (χ1v) is 37.8. The minimum atomic E-state index is -0.0202. The van der Waals surface area contributed by atoms with Crippen LogP contribution < -0.4 is 47.9 Å². The fraction of sp³-hybridized carbons (Fsp3) is 0.878. The number of hydrogen-bond acceptors (Lipinski definition) is 30. The van der Waals surface area contributed by atoms with Crippen molar-refractivity contribution in [1.82, 2.24) is 149 Å². The number of hydrogen-bond donors (Lipinski definition) is 0. The number of anilines is 5. The van der Waals surface area contributed by atoms with E-state index in [1.807, 2.05) is 0 Å². The van der Waals surface area contributed by atoms with Crippen molar-refractivity contribution in [1.29, 1.82) is 0 Å². The van der Waals surface area contributed by atoms with Gasteiger partial charge in [-0.15, -0.1) is 26.1 Å². The Morgan fingerprint density at radius 1 is 0.302 bits per heavy atom. The summed E-state index contributed by atoms with van der Waals surface area (Å²) in [5.74, 6) is 3.24. The molecule has 0 atom stereocenters. The maximum absolute atomic E-state index is 4.02. The molecule has 0 amide bonds. The monoisotopic (exact) mass is 1860 g/mol. The zero-order valence-corrected chi connectivity index (χ0v) is 73.4. The van der Waals surface area contributed by atoms with Crippen LogP contribution in [0.4, 0.5) is 29.7 Å². The van der Waals surface area contributed by atoms with E-state index in [9.17, 15) is 0 Å². The summed E-state index contributed by atoms with van der Waals surface area (Å²) in [6, 6.07) is 0.473. The van der Waals surface area contributed by atoms with Crippen molar-refractivity contribution in [2.75, 3.05) is 83.8 Å². The molecule has 10 heterocycles. The molecule has 35 nitrogen and oxygen atoms in total. The SMILES string of the molecule is CB1N(C)[SiH]N(c2nnn[n-]2)B(C)N1C(C)C.CCCCCCN1B(C)N(C)[SiH]N(c2nnn[n-]2)B1C.CCCCCN1B(C)N(C)[SiH]N(c2nnn[n-]2)B1C.CCCCN1B(C)N(C)[SiH]N(c2nnn[n-]2)B1C.CCCN1B(C)N(C)[SiH]N(c2nnn[n-]2)B1C.[Pd].[Pd].[Pd].[Pd].[Pd]. The number of nitrogens with zero attached hydrogens (tertiary/aromatic N) is 35. The summed E-state index contributed by atoms with van der Waals surface area (Å²) in [7, 11) is 10.7. The van der Waals surface area contributed by atoms with Gasteiger partial charge in [0.15, 0.2) is 49.2 Å². The third kappa shape index (κ3) is 25.4. The molecule has 0 bridgehead atoms. The molecule has 96 heavy (non-hydrogen) atoms. The van der Waals surface area contributed by atoms with Crippen LogP contribution in [-0.2, 0) is 102 Å². The Hall–Kier alpha value is -1.00. The standard InChI is InChI=1S/C10H23B2N7Si.C9H21B2N7Si.C8H19B2N7Si.2C7H17B2N7Si.5Pd/c1-5-6-7-8-9-18-11(2)17(4)20-19(12(18)3)10-13-15-16-14-10;1-5-6-7-8-17-10(2)16(4)19-18(11(17)3)9-12-14-15-13-9;1-5-6-7-16-9(2)15(4)18-17(10(16)3)8-11-13-14-12-8;1-6(2)15-8(3)14(5)17-16(9(15)4)7-10-12-13-11-7;1-5-6-15-8(2)14(4)17-16(9(15)3)7-10-12-13-11-7;;;;;/h20H,5-9H2,1-4H3;19H,5-8H2,1-4H3;18H,5-7H2,1-4H3;6,17H,1-5H3;17H,5-6H2,1-4H3;;;;;/q5*-1;;;;;. The van der Waals surface area contributed by atoms with Gasteiger partial charge in [-0.2, -0.15) is 26.1 Å². The Bertz CT molecular complexity index is 2700. The number of tetrazole rings is 5. The summed E-state index contributed by atoms with van der Waals surface area (Å²) >= 11 is 0. The van der Waals surface area contributed by atoms with Crippen LogP contribution in [0, 0.1) is 0 Å². The van der Waals surface area contributed by atoms with Gasteiger partial charge in [-0.3, -0.25) is 25.5 Å². The van der Waals surface area contributed by atoms with Crippen LogP contribution in [0.5, 0.6) is 0 Å². The Morgan fingerprint density at radius 2 is 0.542 bits per heavy atom. The maximum Gasteiger partial charge on any atom is 0.290 e. The van der Waals surface area contributed by atoms with E-state index in [0.29, 0.717) is 98.6 Å². The second-order valence-corrected chi connectivity index (χ2v) is 32.3. The molecule has 0 aromatic carbocycles. The van der Waals surface area contributed by atoms with Gasteiger partial charge in [0.2, 0.25) is 0 Å². The minimum absolute atomic E-state index is 0. The van der Waals surface area contributed by atoms with Gasteiger partial charge in [0.1, 0.15) is 0 Å². The summed E-state index contributed by atoms with van der Waals surface area (Å²) in [6.45, 7) is 43.9. The normalized spacial score (nSPS) is 17.8. The Kier molecular flexibility index (Phi) is 45.9. The molecule has 5 saturated heterocycles. The summed E-state index contributed by atoms with van der Waals surface area (Å²) in [4.78, 5) is 0. The number of unbranched alkanes of at least 4 members (excludes halogenated alkanes) is 6. The molecule has 0 unspecified atom stereocenters. The molecule has 0 saturated carbocycles. The average molecular weight is 1860 g/mol. The minimum Gasteiger partial charge on any atom is -0.431 e. The van der Waals surface area contributed by atoms with Crippen LogP contribution in [0.15, 0.2) is 0 Å². The van der Waals surface area contributed by atoms with Crippen molar-refractivity contribution in [2.24, 2.45) is 0 Å². The molecule has 541 valence electrons. The molecule has 0 N–H and O–H groups in total. The van der Waals surface area contributed by atoms with Gasteiger partial charge in [0.05, 0.1) is 29.7 Å². The van der Waals surface area contributed by atoms with Crippen LogP contribution in [0.1, 0.15) is 106 Å². The van der Waals surface area contributed by atoms with Crippen LogP contribution in [0.2, 0.25) is 68.2 Å². The molecule has 5 aliphatic rings. The molecule has 5 aromatic heterocycles. The first-order valence-electron chi connectivity index (χ1n) is 32.6. The molecular weight excluding hydrogens is 1760 g/mol. The summed E-state index contributed by atoms with van der Waals surface area (Å²) < 4.78 is 35.3. The van der Waals surface area contributed by atoms with Gasteiger partial charge in [-0.05, 0) is 93.1 Å². The fourth-order valence-corrected chi connectivity index (χ4v) is 18.6. The van der Waals surface area contributed by atoms with E-state index >= 15 is 0 Å². The predicted octanol–water partition coefficient (Wildman–Crippen LogP) is -3.70. The second-order valence-electron chi connectivity index (χ2n) is 24.3. The third-order valence-corrected chi connectivity index (χ3v) is 26.6. The molecule has 5 radical (unpaired) electrons. The first-order chi connectivity index (χ1) is 43.6. The van der Waals surface area contributed by atoms with Crippen molar-refractivity contribution in [2.45, 2.75) is 180 Å². The van der Waals surface area contributed by atoms with E-state index in [2.05, 4.69) is 317 Å². The first kappa shape index (κ1) is 93.0. The molecule has 5 aliphatic heterocycles. The van der Waals surface area contributed by atoms with Gasteiger partial charge in [-0.1, -0.05) is 148 Å². The van der Waals surface area contributed by atoms with E-state index in [4.69, 9.17) is 0 Å². The van der Waals surface area contributed by atoms with Crippen LogP contribution in [-0.4, -0.2) is 310 Å². The van der Waals surface area contributed by atoms with E-state index in [1.54, 1.807) is 0 Å². The third-order valence-electron chi connectivity index (χ3n) is 18.0. The Morgan fingerprint density at radius 3 is 0.792 bits per heavy atom. The van der Waals surface area contributed by atoms with Gasteiger partial charge in [0, 0.05) is 102 Å². The molecule has 55 heteroatoms. The van der Waals surface area contributed by atoms with Crippen LogP contribution in [0.3, 0.4) is 0 Å². The fourth-order valence-electron chi connectivity index (χ4n) is 12.0. The smallest absolute Gasteiger partial charge is 0.290 e. The zero-order chi connectivity index (χ0) is 66.5. The maximum atomic E-state index is 4.02. The zero-order valence-electron chi connectivity index (χ0n) is 59.9. The van der Waals surface area contributed by atoms with E-state index in [0.717, 1.165) is 32.6 Å². The molecule has 5 aromatic rings. The molecule has 10 rings (SSSR count). The quantitative estimate of drug-likeness (QED) is 0.0535. The van der Waals surface area contributed by atoms with Crippen molar-refractivity contribution in [3.8, 4) is 0 Å². The van der Waals surface area contributed by atoms with E-state index in [1.165, 1.54) is 57.8 Å².